The topological polar surface area (TPSA) is 71.5 Å². The van der Waals surface area contributed by atoms with E-state index >= 15 is 0 Å². The molecule has 0 spiro atoms. The molecule has 26 heavy (non-hydrogen) atoms. The van der Waals surface area contributed by atoms with Crippen molar-refractivity contribution in [3.8, 4) is 0 Å². The van der Waals surface area contributed by atoms with E-state index in [1.165, 1.54) is 4.90 Å². The Bertz CT molecular complexity index is 920. The smallest absolute Gasteiger partial charge is 0.234 e. The van der Waals surface area contributed by atoms with Gasteiger partial charge in [0, 0.05) is 29.3 Å². The zero-order valence-electron chi connectivity index (χ0n) is 14.6. The Morgan fingerprint density at radius 3 is 2.58 bits per heavy atom. The lowest BCUT2D eigenvalue weighted by atomic mass is 9.76. The molecule has 3 rings (SSSR count). The van der Waals surface area contributed by atoms with Crippen LogP contribution in [-0.4, -0.2) is 43.6 Å². The maximum Gasteiger partial charge on any atom is 0.234 e. The summed E-state index contributed by atoms with van der Waals surface area (Å²) in [6.07, 6.45) is 3.92. The summed E-state index contributed by atoms with van der Waals surface area (Å²) in [5, 5.41) is 0.589. The molecule has 0 saturated carbocycles. The van der Waals surface area contributed by atoms with Crippen LogP contribution in [0.5, 0.6) is 0 Å². The van der Waals surface area contributed by atoms with Gasteiger partial charge in [-0.15, -0.1) is 0 Å². The molecule has 1 heterocycles. The van der Waals surface area contributed by atoms with Gasteiger partial charge in [0.15, 0.2) is 15.6 Å². The van der Waals surface area contributed by atoms with E-state index in [4.69, 9.17) is 11.6 Å². The van der Waals surface area contributed by atoms with Gasteiger partial charge in [0.2, 0.25) is 5.91 Å². The van der Waals surface area contributed by atoms with Crippen LogP contribution in [0, 0.1) is 11.3 Å². The van der Waals surface area contributed by atoms with E-state index in [1.807, 2.05) is 0 Å². The van der Waals surface area contributed by atoms with Gasteiger partial charge < -0.3 is 4.90 Å². The number of ketones is 1. The highest BCUT2D eigenvalue weighted by atomic mass is 35.5. The molecule has 7 heteroatoms. The van der Waals surface area contributed by atoms with Gasteiger partial charge in [0.1, 0.15) is 5.75 Å². The number of benzene rings is 1. The van der Waals surface area contributed by atoms with Crippen LogP contribution in [0.15, 0.2) is 53.2 Å². The second-order valence-corrected chi connectivity index (χ2v) is 9.61. The molecule has 1 fully saturated rings. The highest BCUT2D eigenvalue weighted by molar-refractivity contribution is 7.92. The molecule has 2 unspecified atom stereocenters. The molecule has 138 valence electrons. The van der Waals surface area contributed by atoms with Crippen molar-refractivity contribution in [1.82, 2.24) is 4.90 Å². The first-order valence-electron chi connectivity index (χ1n) is 8.27. The number of carbonyl (C=O) groups is 2. The van der Waals surface area contributed by atoms with Crippen molar-refractivity contribution in [2.75, 3.05) is 18.6 Å². The van der Waals surface area contributed by atoms with Gasteiger partial charge in [-0.25, -0.2) is 8.42 Å². The van der Waals surface area contributed by atoms with Gasteiger partial charge in [-0.2, -0.15) is 0 Å². The van der Waals surface area contributed by atoms with E-state index in [0.717, 1.165) is 5.70 Å². The van der Waals surface area contributed by atoms with Crippen LogP contribution in [-0.2, 0) is 14.6 Å². The van der Waals surface area contributed by atoms with Crippen LogP contribution in [0.4, 0.5) is 0 Å². The van der Waals surface area contributed by atoms with E-state index in [9.17, 15) is 18.0 Å². The van der Waals surface area contributed by atoms with Crippen molar-refractivity contribution in [3.05, 3.63) is 58.8 Å². The lowest BCUT2D eigenvalue weighted by Gasteiger charge is -2.29. The molecular weight excluding hydrogens is 374 g/mol. The first-order chi connectivity index (χ1) is 12.1. The van der Waals surface area contributed by atoms with Crippen LogP contribution in [0.1, 0.15) is 23.7 Å². The van der Waals surface area contributed by atoms with Crippen molar-refractivity contribution in [2.24, 2.45) is 11.3 Å². The minimum Gasteiger partial charge on any atom is -0.318 e. The van der Waals surface area contributed by atoms with Crippen molar-refractivity contribution in [3.63, 3.8) is 0 Å². The number of allylic oxidation sites excluding steroid dienone is 4. The van der Waals surface area contributed by atoms with Crippen LogP contribution in [0.2, 0.25) is 0 Å². The molecule has 0 N–H and O–H groups in total. The lowest BCUT2D eigenvalue weighted by molar-refractivity contribution is -0.133. The zero-order valence-corrected chi connectivity index (χ0v) is 16.2. The summed E-state index contributed by atoms with van der Waals surface area (Å²) < 4.78 is 25.5. The number of hydrogen-bond donors (Lipinski definition) is 0. The number of Topliss-reactive ketones (excluding diaryl/α,β-unsaturated/α-hetero) is 1. The molecule has 5 nitrogen and oxygen atoms in total. The zero-order chi connectivity index (χ0) is 19.1. The van der Waals surface area contributed by atoms with E-state index in [1.54, 1.807) is 56.5 Å². The minimum atomic E-state index is -3.78. The number of carbonyl (C=O) groups excluding carboxylic acids is 2. The van der Waals surface area contributed by atoms with Gasteiger partial charge in [0.05, 0.1) is 11.2 Å². The largest absolute Gasteiger partial charge is 0.318 e. The van der Waals surface area contributed by atoms with Gasteiger partial charge in [-0.05, 0) is 25.5 Å². The predicted molar refractivity (Wildman–Crippen MR) is 100 cm³/mol. The third kappa shape index (κ3) is 3.35. The van der Waals surface area contributed by atoms with Crippen molar-refractivity contribution >= 4 is 33.1 Å². The van der Waals surface area contributed by atoms with Crippen LogP contribution in [0.3, 0.4) is 0 Å². The number of hydrogen-bond acceptors (Lipinski definition) is 4. The summed E-state index contributed by atoms with van der Waals surface area (Å²) in [5.41, 5.74) is -0.0167. The fourth-order valence-electron chi connectivity index (χ4n) is 3.78. The number of likely N-dealkylation sites (tertiary alicyclic amines) is 1. The lowest BCUT2D eigenvalue weighted by Crippen LogP contribution is -2.40. The molecular formula is C19H20ClNO4S. The molecule has 1 saturated heterocycles. The molecule has 1 aliphatic carbocycles. The summed E-state index contributed by atoms with van der Waals surface area (Å²) in [6.45, 7) is 1.65. The van der Waals surface area contributed by atoms with E-state index in [-0.39, 0.29) is 17.6 Å². The van der Waals surface area contributed by atoms with Crippen molar-refractivity contribution in [1.29, 1.82) is 0 Å². The van der Waals surface area contributed by atoms with E-state index in [2.05, 4.69) is 0 Å². The number of fused-ring (bicyclic) bond motifs is 1. The Balaban J connectivity index is 1.84. The monoisotopic (exact) mass is 393 g/mol. The molecule has 2 atom stereocenters. The van der Waals surface area contributed by atoms with Gasteiger partial charge in [0.25, 0.3) is 0 Å². The Labute approximate surface area is 158 Å². The normalized spacial score (nSPS) is 25.6. The number of nitrogens with zero attached hydrogens (tertiary/aromatic N) is 1. The van der Waals surface area contributed by atoms with E-state index in [0.29, 0.717) is 17.0 Å². The van der Waals surface area contributed by atoms with Gasteiger partial charge >= 0.3 is 0 Å². The minimum absolute atomic E-state index is 0.260. The summed E-state index contributed by atoms with van der Waals surface area (Å²) in [4.78, 5) is 26.6. The molecule has 0 aromatic heterocycles. The molecule has 1 aliphatic heterocycles. The fraction of sp³-hybridized carbons (Fsp3) is 0.368. The van der Waals surface area contributed by atoms with Gasteiger partial charge in [-0.1, -0.05) is 41.9 Å². The summed E-state index contributed by atoms with van der Waals surface area (Å²) in [7, 11) is -2.14. The summed E-state index contributed by atoms with van der Waals surface area (Å²) in [6, 6.07) is 8.29. The van der Waals surface area contributed by atoms with Crippen molar-refractivity contribution < 1.29 is 18.0 Å². The van der Waals surface area contributed by atoms with Gasteiger partial charge in [-0.3, -0.25) is 9.59 Å². The second-order valence-electron chi connectivity index (χ2n) is 7.06. The van der Waals surface area contributed by atoms with E-state index < -0.39 is 26.8 Å². The molecule has 2 aliphatic rings. The number of sulfone groups is 1. The number of rotatable bonds is 5. The van der Waals surface area contributed by atoms with Crippen molar-refractivity contribution in [2.45, 2.75) is 13.3 Å². The first kappa shape index (κ1) is 18.9. The SMILES string of the molecule is CN1C(=O)C(C)(CS(=O)(=O)CC(=O)c2ccccc2)C2CC(Cl)=CC=C21. The summed E-state index contributed by atoms with van der Waals surface area (Å²) in [5.74, 6) is -2.03. The highest BCUT2D eigenvalue weighted by Gasteiger charge is 2.54. The third-order valence-corrected chi connectivity index (χ3v) is 7.13. The first-order valence-corrected chi connectivity index (χ1v) is 10.5. The van der Waals surface area contributed by atoms with Crippen LogP contribution in [0.25, 0.3) is 0 Å². The maximum absolute atomic E-state index is 12.8. The average molecular weight is 394 g/mol. The Morgan fingerprint density at radius 1 is 1.27 bits per heavy atom. The Hall–Kier alpha value is -1.92. The second kappa shape index (κ2) is 6.67. The molecule has 0 bridgehead atoms. The predicted octanol–water partition coefficient (Wildman–Crippen LogP) is 2.79. The Morgan fingerprint density at radius 2 is 1.92 bits per heavy atom. The summed E-state index contributed by atoms with van der Waals surface area (Å²) >= 11 is 6.12. The molecule has 1 amide bonds. The quantitative estimate of drug-likeness (QED) is 0.721. The number of halogens is 1. The maximum atomic E-state index is 12.8. The van der Waals surface area contributed by atoms with Crippen LogP contribution >= 0.6 is 11.6 Å². The standard InChI is InChI=1S/C19H20ClNO4S/c1-19(15-10-14(20)8-9-16(15)21(2)18(19)23)12-26(24,25)11-17(22)13-6-4-3-5-7-13/h3-9,15H,10-12H2,1-2H3. The highest BCUT2D eigenvalue weighted by Crippen LogP contribution is 2.49. The number of amides is 1. The van der Waals surface area contributed by atoms with Crippen LogP contribution < -0.4 is 0 Å². The average Bonchev–Trinajstić information content (AvgIpc) is 2.76. The molecule has 1 aromatic rings. The Kier molecular flexibility index (Phi) is 4.84. The molecule has 0 radical (unpaired) electrons. The fourth-order valence-corrected chi connectivity index (χ4v) is 5.91. The molecule has 1 aromatic carbocycles. The third-order valence-electron chi connectivity index (χ3n) is 5.11.